The number of hydrogen-bond donors (Lipinski definition) is 1. The van der Waals surface area contributed by atoms with Gasteiger partial charge in [0.05, 0.1) is 6.54 Å². The molecule has 1 N–H and O–H groups in total. The van der Waals surface area contributed by atoms with Crippen molar-refractivity contribution >= 4 is 0 Å². The summed E-state index contributed by atoms with van der Waals surface area (Å²) in [6.45, 7) is 5.54. The molecule has 0 saturated heterocycles. The highest BCUT2D eigenvalue weighted by Gasteiger charge is 2.23. The van der Waals surface area contributed by atoms with Crippen molar-refractivity contribution < 1.29 is 0 Å². The number of rotatable bonds is 3. The molecule has 0 spiro atoms. The summed E-state index contributed by atoms with van der Waals surface area (Å²) in [5.41, 5.74) is 0. The highest BCUT2D eigenvalue weighted by atomic mass is 15.3. The van der Waals surface area contributed by atoms with Crippen molar-refractivity contribution in [3.05, 3.63) is 12.2 Å². The molecule has 4 nitrogen and oxygen atoms in total. The summed E-state index contributed by atoms with van der Waals surface area (Å²) < 4.78 is 1.97. The molecule has 0 aliphatic heterocycles. The molecule has 1 aromatic heterocycles. The highest BCUT2D eigenvalue weighted by Crippen LogP contribution is 2.28. The molecule has 0 bridgehead atoms. The van der Waals surface area contributed by atoms with Crippen molar-refractivity contribution in [3.8, 4) is 0 Å². The monoisotopic (exact) mass is 222 g/mol. The largest absolute Gasteiger partial charge is 0.320 e. The first-order valence-electron chi connectivity index (χ1n) is 6.21. The summed E-state index contributed by atoms with van der Waals surface area (Å²) >= 11 is 0. The van der Waals surface area contributed by atoms with Gasteiger partial charge in [-0.2, -0.15) is 0 Å². The average molecular weight is 222 g/mol. The van der Waals surface area contributed by atoms with Crippen LogP contribution in [0.1, 0.15) is 38.9 Å². The topological polar surface area (TPSA) is 42.7 Å². The molecule has 2 atom stereocenters. The van der Waals surface area contributed by atoms with Gasteiger partial charge in [-0.1, -0.05) is 13.8 Å². The second-order valence-corrected chi connectivity index (χ2v) is 5.35. The van der Waals surface area contributed by atoms with Gasteiger partial charge in [-0.05, 0) is 31.1 Å². The van der Waals surface area contributed by atoms with E-state index in [0.717, 1.165) is 24.2 Å². The van der Waals surface area contributed by atoms with Crippen LogP contribution in [0.3, 0.4) is 0 Å². The van der Waals surface area contributed by atoms with E-state index in [4.69, 9.17) is 0 Å². The Morgan fingerprint density at radius 1 is 1.31 bits per heavy atom. The number of nitrogens with zero attached hydrogens (tertiary/aromatic N) is 3. The van der Waals surface area contributed by atoms with Crippen molar-refractivity contribution in [2.24, 2.45) is 18.9 Å². The fraction of sp³-hybridized carbons (Fsp3) is 0.833. The number of aryl methyl sites for hydroxylation is 1. The molecule has 1 aliphatic rings. The predicted molar refractivity (Wildman–Crippen MR) is 63.8 cm³/mol. The first kappa shape index (κ1) is 11.6. The maximum atomic E-state index is 4.09. The van der Waals surface area contributed by atoms with E-state index in [0.29, 0.717) is 6.04 Å². The third-order valence-corrected chi connectivity index (χ3v) is 3.53. The molecule has 2 unspecified atom stereocenters. The summed E-state index contributed by atoms with van der Waals surface area (Å²) in [6, 6.07) is 0.649. The summed E-state index contributed by atoms with van der Waals surface area (Å²) in [5.74, 6) is 2.72. The lowest BCUT2D eigenvalue weighted by Gasteiger charge is -2.31. The molecule has 1 heterocycles. The van der Waals surface area contributed by atoms with Crippen LogP contribution < -0.4 is 5.32 Å². The van der Waals surface area contributed by atoms with E-state index in [1.165, 1.54) is 19.3 Å². The van der Waals surface area contributed by atoms with Crippen LogP contribution in [-0.2, 0) is 13.6 Å². The Morgan fingerprint density at radius 2 is 2.00 bits per heavy atom. The predicted octanol–water partition coefficient (Wildman–Crippen LogP) is 1.73. The fourth-order valence-electron chi connectivity index (χ4n) is 2.82. The fourth-order valence-corrected chi connectivity index (χ4v) is 2.82. The summed E-state index contributed by atoms with van der Waals surface area (Å²) in [5, 5.41) is 11.6. The Labute approximate surface area is 97.5 Å². The van der Waals surface area contributed by atoms with Crippen LogP contribution in [0.25, 0.3) is 0 Å². The maximum absolute atomic E-state index is 4.09. The summed E-state index contributed by atoms with van der Waals surface area (Å²) in [6.07, 6.45) is 5.72. The van der Waals surface area contributed by atoms with E-state index in [2.05, 4.69) is 29.4 Å². The molecule has 0 aromatic carbocycles. The Bertz CT molecular complexity index is 324. The van der Waals surface area contributed by atoms with Gasteiger partial charge in [0.1, 0.15) is 12.2 Å². The summed E-state index contributed by atoms with van der Waals surface area (Å²) in [4.78, 5) is 0. The minimum atomic E-state index is 0.649. The van der Waals surface area contributed by atoms with Gasteiger partial charge in [-0.3, -0.25) is 0 Å². The summed E-state index contributed by atoms with van der Waals surface area (Å²) in [7, 11) is 1.99. The third-order valence-electron chi connectivity index (χ3n) is 3.53. The van der Waals surface area contributed by atoms with Gasteiger partial charge in [0.2, 0.25) is 0 Å². The Balaban J connectivity index is 1.84. The quantitative estimate of drug-likeness (QED) is 0.847. The van der Waals surface area contributed by atoms with Crippen LogP contribution in [0, 0.1) is 11.8 Å². The normalized spacial score (nSPS) is 30.6. The van der Waals surface area contributed by atoms with E-state index >= 15 is 0 Å². The standard InChI is InChI=1S/C12H22N4/c1-9-4-10(2)6-11(5-9)13-7-12-15-14-8-16(12)3/h8-11,13H,4-7H2,1-3H3. The lowest BCUT2D eigenvalue weighted by molar-refractivity contribution is 0.237. The Hall–Kier alpha value is -0.900. The minimum Gasteiger partial charge on any atom is -0.320 e. The molecule has 1 saturated carbocycles. The van der Waals surface area contributed by atoms with Gasteiger partial charge >= 0.3 is 0 Å². The molecule has 4 heteroatoms. The number of nitrogens with one attached hydrogen (secondary N) is 1. The SMILES string of the molecule is CC1CC(C)CC(NCc2nncn2C)C1. The van der Waals surface area contributed by atoms with Crippen molar-refractivity contribution in [1.29, 1.82) is 0 Å². The first-order chi connectivity index (χ1) is 7.65. The second kappa shape index (κ2) is 4.95. The lowest BCUT2D eigenvalue weighted by Crippen LogP contribution is -2.36. The smallest absolute Gasteiger partial charge is 0.146 e. The van der Waals surface area contributed by atoms with Crippen LogP contribution in [0.2, 0.25) is 0 Å². The van der Waals surface area contributed by atoms with Crippen molar-refractivity contribution in [3.63, 3.8) is 0 Å². The molecule has 1 fully saturated rings. The van der Waals surface area contributed by atoms with Gasteiger partial charge in [-0.15, -0.1) is 10.2 Å². The number of hydrogen-bond acceptors (Lipinski definition) is 3. The second-order valence-electron chi connectivity index (χ2n) is 5.35. The lowest BCUT2D eigenvalue weighted by atomic mass is 9.80. The molecular weight excluding hydrogens is 200 g/mol. The van der Waals surface area contributed by atoms with Gasteiger partial charge in [0, 0.05) is 13.1 Å². The number of aromatic nitrogens is 3. The minimum absolute atomic E-state index is 0.649. The van der Waals surface area contributed by atoms with E-state index in [1.54, 1.807) is 6.33 Å². The molecule has 90 valence electrons. The van der Waals surface area contributed by atoms with Crippen LogP contribution >= 0.6 is 0 Å². The average Bonchev–Trinajstić information content (AvgIpc) is 2.59. The molecule has 0 radical (unpaired) electrons. The van der Waals surface area contributed by atoms with Gasteiger partial charge in [0.15, 0.2) is 0 Å². The van der Waals surface area contributed by atoms with E-state index < -0.39 is 0 Å². The highest BCUT2D eigenvalue weighted by molar-refractivity contribution is 4.86. The molecule has 1 aliphatic carbocycles. The third kappa shape index (κ3) is 2.82. The Morgan fingerprint density at radius 3 is 2.56 bits per heavy atom. The van der Waals surface area contributed by atoms with E-state index in [1.807, 2.05) is 11.6 Å². The van der Waals surface area contributed by atoms with Crippen LogP contribution in [0.4, 0.5) is 0 Å². The molecular formula is C12H22N4. The van der Waals surface area contributed by atoms with Crippen molar-refractivity contribution in [2.75, 3.05) is 0 Å². The van der Waals surface area contributed by atoms with Gasteiger partial charge in [-0.25, -0.2) is 0 Å². The maximum Gasteiger partial charge on any atom is 0.146 e. The first-order valence-corrected chi connectivity index (χ1v) is 6.21. The zero-order valence-electron chi connectivity index (χ0n) is 10.5. The van der Waals surface area contributed by atoms with E-state index in [9.17, 15) is 0 Å². The van der Waals surface area contributed by atoms with Crippen molar-refractivity contribution in [1.82, 2.24) is 20.1 Å². The zero-order chi connectivity index (χ0) is 11.5. The Kier molecular flexibility index (Phi) is 3.59. The molecule has 1 aromatic rings. The molecule has 16 heavy (non-hydrogen) atoms. The van der Waals surface area contributed by atoms with Crippen LogP contribution in [0.15, 0.2) is 6.33 Å². The molecule has 2 rings (SSSR count). The van der Waals surface area contributed by atoms with E-state index in [-0.39, 0.29) is 0 Å². The van der Waals surface area contributed by atoms with Crippen molar-refractivity contribution in [2.45, 2.75) is 45.7 Å². The zero-order valence-corrected chi connectivity index (χ0v) is 10.5. The van der Waals surface area contributed by atoms with Crippen LogP contribution in [0.5, 0.6) is 0 Å². The molecule has 0 amide bonds. The van der Waals surface area contributed by atoms with Gasteiger partial charge in [0.25, 0.3) is 0 Å². The van der Waals surface area contributed by atoms with Crippen LogP contribution in [-0.4, -0.2) is 20.8 Å². The van der Waals surface area contributed by atoms with Gasteiger partial charge < -0.3 is 9.88 Å².